The molecular formula is C20H30FN3O8. The Labute approximate surface area is 183 Å². The van der Waals surface area contributed by atoms with Crippen LogP contribution in [0.1, 0.15) is 24.3 Å². The van der Waals surface area contributed by atoms with Gasteiger partial charge >= 0.3 is 5.97 Å². The lowest BCUT2D eigenvalue weighted by atomic mass is 9.83. The van der Waals surface area contributed by atoms with Gasteiger partial charge < -0.3 is 42.3 Å². The number of benzene rings is 1. The number of nitrogens with two attached hydrogens (primary N) is 2. The summed E-state index contributed by atoms with van der Waals surface area (Å²) < 4.78 is 12.2. The highest BCUT2D eigenvalue weighted by Crippen LogP contribution is 2.23. The summed E-state index contributed by atoms with van der Waals surface area (Å²) in [4.78, 5) is 36.2. The van der Waals surface area contributed by atoms with Crippen LogP contribution in [0.25, 0.3) is 0 Å². The fourth-order valence-electron chi connectivity index (χ4n) is 3.09. The number of carbonyl (C=O) groups excluding carboxylic acids is 2. The number of ketones is 1. The molecule has 0 radical (unpaired) electrons. The second-order valence-corrected chi connectivity index (χ2v) is 7.32. The minimum absolute atomic E-state index is 0.00786. The average Bonchev–Trinajstić information content (AvgIpc) is 2.79. The number of carboxylic acid groups (broad SMARTS) is 1. The summed E-state index contributed by atoms with van der Waals surface area (Å²) in [6, 6.07) is 3.04. The molecule has 0 aliphatic carbocycles. The van der Waals surface area contributed by atoms with Gasteiger partial charge in [-0.15, -0.1) is 0 Å². The molecule has 0 fully saturated rings. The van der Waals surface area contributed by atoms with E-state index in [1.807, 2.05) is 0 Å². The van der Waals surface area contributed by atoms with Crippen LogP contribution in [-0.4, -0.2) is 92.9 Å². The Balaban J connectivity index is 2.99. The lowest BCUT2D eigenvalue weighted by Crippen LogP contribution is -2.58. The molecular weight excluding hydrogens is 429 g/mol. The van der Waals surface area contributed by atoms with Crippen molar-refractivity contribution in [2.45, 2.75) is 55.2 Å². The fraction of sp³-hybridized carbons (Fsp3) is 0.550. The molecule has 1 rings (SSSR count). The fourth-order valence-corrected chi connectivity index (χ4v) is 3.09. The molecule has 1 aromatic rings. The zero-order chi connectivity index (χ0) is 24.4. The number of hydrogen-bond acceptors (Lipinski definition) is 9. The van der Waals surface area contributed by atoms with E-state index >= 15 is 0 Å². The van der Waals surface area contributed by atoms with Crippen molar-refractivity contribution >= 4 is 17.7 Å². The summed E-state index contributed by atoms with van der Waals surface area (Å²) >= 11 is 0. The molecule has 0 aliphatic heterocycles. The Morgan fingerprint density at radius 1 is 1.03 bits per heavy atom. The monoisotopic (exact) mass is 459 g/mol. The summed E-state index contributed by atoms with van der Waals surface area (Å²) in [5, 5.41) is 51.9. The number of Topliss-reactive ketones (excluding diaryl/α,β-unsaturated/α-hetero) is 1. The van der Waals surface area contributed by atoms with Crippen molar-refractivity contribution < 1.29 is 44.3 Å². The standard InChI is InChI=1S/C20H30FN3O8/c21-8-4-7-11(22)19(30)24-12(9-25)15(26)17(28)18(29)16(27)13(14(23)20(31)32)10-5-2-1-3-6-10/h1-3,5-6,11-15,17-18,25-26,28-29H,4,7-9,22-23H2,(H,24,30)(H,31,32)/t11-,12-,13?,14-,15+,17+,18+/m0/s1. The minimum Gasteiger partial charge on any atom is -0.480 e. The number of halogens is 1. The molecule has 10 N–H and O–H groups in total. The van der Waals surface area contributed by atoms with Crippen molar-refractivity contribution in [3.8, 4) is 0 Å². The summed E-state index contributed by atoms with van der Waals surface area (Å²) in [7, 11) is 0. The van der Waals surface area contributed by atoms with E-state index in [0.717, 1.165) is 0 Å². The Morgan fingerprint density at radius 2 is 1.62 bits per heavy atom. The highest BCUT2D eigenvalue weighted by atomic mass is 19.1. The predicted octanol–water partition coefficient (Wildman–Crippen LogP) is -2.61. The van der Waals surface area contributed by atoms with E-state index in [1.165, 1.54) is 24.3 Å². The minimum atomic E-state index is -2.30. The van der Waals surface area contributed by atoms with Crippen LogP contribution in [0.4, 0.5) is 4.39 Å². The third kappa shape index (κ3) is 7.29. The third-order valence-electron chi connectivity index (χ3n) is 5.00. The number of aliphatic hydroxyl groups excluding tert-OH is 4. The number of amides is 1. The summed E-state index contributed by atoms with van der Waals surface area (Å²) in [5.74, 6) is -5.11. The Bertz CT molecular complexity index is 754. The summed E-state index contributed by atoms with van der Waals surface area (Å²) in [5.41, 5.74) is 11.4. The van der Waals surface area contributed by atoms with Gasteiger partial charge in [-0.1, -0.05) is 30.3 Å². The first-order valence-corrected chi connectivity index (χ1v) is 9.90. The number of rotatable bonds is 14. The van der Waals surface area contributed by atoms with E-state index < -0.39 is 73.3 Å². The van der Waals surface area contributed by atoms with Gasteiger partial charge in [0.1, 0.15) is 24.4 Å². The molecule has 12 heteroatoms. The number of aliphatic hydroxyl groups is 4. The normalized spacial score (nSPS) is 18.0. The largest absolute Gasteiger partial charge is 0.480 e. The molecule has 0 bridgehead atoms. The molecule has 0 saturated carbocycles. The van der Waals surface area contributed by atoms with Crippen LogP contribution in [0.15, 0.2) is 30.3 Å². The van der Waals surface area contributed by atoms with Crippen molar-refractivity contribution in [3.05, 3.63) is 35.9 Å². The SMILES string of the molecule is N[C@H](C(=O)O)C(C(=O)[C@@H](O)[C@H](O)[C@H](O)[C@H](CO)NC(=O)[C@@H](N)CCCF)c1ccccc1. The molecule has 1 amide bonds. The van der Waals surface area contributed by atoms with Crippen LogP contribution in [0, 0.1) is 0 Å². The van der Waals surface area contributed by atoms with E-state index in [4.69, 9.17) is 11.5 Å². The van der Waals surface area contributed by atoms with Crippen LogP contribution in [0.5, 0.6) is 0 Å². The van der Waals surface area contributed by atoms with Gasteiger partial charge in [0.2, 0.25) is 5.91 Å². The van der Waals surface area contributed by atoms with Gasteiger partial charge in [0.05, 0.1) is 31.3 Å². The molecule has 1 unspecified atom stereocenters. The molecule has 32 heavy (non-hydrogen) atoms. The maximum atomic E-state index is 12.8. The van der Waals surface area contributed by atoms with Crippen molar-refractivity contribution in [1.29, 1.82) is 0 Å². The first-order valence-electron chi connectivity index (χ1n) is 9.90. The summed E-state index contributed by atoms with van der Waals surface area (Å²) in [6.45, 7) is -1.58. The van der Waals surface area contributed by atoms with Crippen molar-refractivity contribution in [2.75, 3.05) is 13.3 Å². The van der Waals surface area contributed by atoms with Gasteiger partial charge in [-0.2, -0.15) is 0 Å². The maximum absolute atomic E-state index is 12.8. The Morgan fingerprint density at radius 3 is 2.12 bits per heavy atom. The zero-order valence-corrected chi connectivity index (χ0v) is 17.3. The smallest absolute Gasteiger partial charge is 0.321 e. The lowest BCUT2D eigenvalue weighted by molar-refractivity contribution is -0.148. The van der Waals surface area contributed by atoms with Crippen LogP contribution in [-0.2, 0) is 14.4 Å². The molecule has 11 nitrogen and oxygen atoms in total. The number of aliphatic carboxylic acids is 1. The van der Waals surface area contributed by atoms with Crippen LogP contribution >= 0.6 is 0 Å². The van der Waals surface area contributed by atoms with Crippen molar-refractivity contribution in [3.63, 3.8) is 0 Å². The van der Waals surface area contributed by atoms with E-state index in [1.54, 1.807) is 6.07 Å². The Kier molecular flexibility index (Phi) is 11.3. The van der Waals surface area contributed by atoms with Gasteiger partial charge in [-0.25, -0.2) is 0 Å². The molecule has 0 saturated heterocycles. The zero-order valence-electron chi connectivity index (χ0n) is 17.3. The number of carbonyl (C=O) groups is 3. The number of alkyl halides is 1. The highest BCUT2D eigenvalue weighted by molar-refractivity contribution is 5.95. The van der Waals surface area contributed by atoms with Gasteiger partial charge in [0.25, 0.3) is 0 Å². The first kappa shape index (κ1) is 27.6. The number of nitrogens with one attached hydrogen (secondary N) is 1. The van der Waals surface area contributed by atoms with Crippen LogP contribution in [0.3, 0.4) is 0 Å². The van der Waals surface area contributed by atoms with Gasteiger partial charge in [0.15, 0.2) is 5.78 Å². The quantitative estimate of drug-likeness (QED) is 0.145. The second-order valence-electron chi connectivity index (χ2n) is 7.32. The number of carboxylic acids is 1. The van der Waals surface area contributed by atoms with E-state index in [-0.39, 0.29) is 18.4 Å². The summed E-state index contributed by atoms with van der Waals surface area (Å²) in [6.07, 6.45) is -6.54. The lowest BCUT2D eigenvalue weighted by Gasteiger charge is -2.31. The van der Waals surface area contributed by atoms with E-state index in [0.29, 0.717) is 0 Å². The average molecular weight is 459 g/mol. The molecule has 0 spiro atoms. The Hall–Kier alpha value is -2.48. The van der Waals surface area contributed by atoms with Crippen molar-refractivity contribution in [2.24, 2.45) is 11.5 Å². The number of hydrogen-bond donors (Lipinski definition) is 8. The molecule has 0 aromatic heterocycles. The van der Waals surface area contributed by atoms with Gasteiger partial charge in [-0.3, -0.25) is 18.8 Å². The van der Waals surface area contributed by atoms with Gasteiger partial charge in [0, 0.05) is 0 Å². The molecule has 7 atom stereocenters. The van der Waals surface area contributed by atoms with Crippen molar-refractivity contribution in [1.82, 2.24) is 5.32 Å². The molecule has 180 valence electrons. The first-order chi connectivity index (χ1) is 15.1. The topological polar surface area (TPSA) is 216 Å². The van der Waals surface area contributed by atoms with E-state index in [2.05, 4.69) is 5.32 Å². The van der Waals surface area contributed by atoms with Crippen LogP contribution in [0.2, 0.25) is 0 Å². The molecule has 0 heterocycles. The van der Waals surface area contributed by atoms with E-state index in [9.17, 15) is 44.3 Å². The highest BCUT2D eigenvalue weighted by Gasteiger charge is 2.42. The third-order valence-corrected chi connectivity index (χ3v) is 5.00. The molecule has 1 aromatic carbocycles. The van der Waals surface area contributed by atoms with Crippen LogP contribution < -0.4 is 16.8 Å². The van der Waals surface area contributed by atoms with Gasteiger partial charge in [-0.05, 0) is 18.4 Å². The maximum Gasteiger partial charge on any atom is 0.321 e. The predicted molar refractivity (Wildman–Crippen MR) is 110 cm³/mol. The molecule has 0 aliphatic rings. The second kappa shape index (κ2) is 13.2.